The average Bonchev–Trinajstić information content (AvgIpc) is 3.78. The monoisotopic (exact) mass is 864 g/mol. The van der Waals surface area contributed by atoms with Gasteiger partial charge in [-0.15, -0.1) is 6.58 Å². The Bertz CT molecular complexity index is 2150. The lowest BCUT2D eigenvalue weighted by molar-refractivity contribution is -0.254. The zero-order valence-corrected chi connectivity index (χ0v) is 37.1. The number of carbonyl (C=O) groups excluding carboxylic acids is 1. The van der Waals surface area contributed by atoms with Crippen LogP contribution >= 0.6 is 0 Å². The molecule has 3 aromatic carbocycles. The number of fused-ring (bicyclic) bond motifs is 3. The molecule has 2 fully saturated rings. The second kappa shape index (κ2) is 20.3. The normalized spacial score (nSPS) is 26.2. The topological polar surface area (TPSA) is 138 Å². The van der Waals surface area contributed by atoms with Crippen LogP contribution < -0.4 is 18.9 Å². The number of oxime groups is 1. The van der Waals surface area contributed by atoms with Crippen LogP contribution in [0, 0.1) is 31.6 Å². The molecule has 63 heavy (non-hydrogen) atoms. The predicted octanol–water partition coefficient (Wildman–Crippen LogP) is 9.54. The van der Waals surface area contributed by atoms with Crippen LogP contribution in [-0.4, -0.2) is 84.6 Å². The predicted molar refractivity (Wildman–Crippen MR) is 240 cm³/mol. The largest absolute Gasteiger partial charge is 0.459 e. The Morgan fingerprint density at radius 1 is 0.937 bits per heavy atom. The summed E-state index contributed by atoms with van der Waals surface area (Å²) in [5.74, 6) is 1.17. The Kier molecular flexibility index (Phi) is 14.4. The fourth-order valence-corrected chi connectivity index (χ4v) is 10.4. The van der Waals surface area contributed by atoms with Crippen LogP contribution in [0.15, 0.2) is 84.1 Å². The first-order chi connectivity index (χ1) is 30.8. The number of nitrogens with zero attached hydrogens (tertiary/aromatic N) is 2. The Balaban J connectivity index is 1.32. The van der Waals surface area contributed by atoms with Crippen molar-refractivity contribution in [3.63, 3.8) is 0 Å². The molecule has 3 heterocycles. The van der Waals surface area contributed by atoms with E-state index in [1.165, 1.54) is 5.56 Å². The summed E-state index contributed by atoms with van der Waals surface area (Å²) in [4.78, 5) is 23.4. The van der Waals surface area contributed by atoms with Gasteiger partial charge in [0, 0.05) is 49.6 Å². The van der Waals surface area contributed by atoms with Crippen LogP contribution in [0.3, 0.4) is 0 Å². The second-order valence-electron chi connectivity index (χ2n) is 17.6. The third-order valence-electron chi connectivity index (χ3n) is 13.5. The first kappa shape index (κ1) is 44.7. The molecule has 3 aliphatic heterocycles. The number of aryl methyl sites for hydroxylation is 2. The SMILES string of the molecule is C=CCOC12Oc3ccc(Oc4ccc(C)c(C)c4)cc3C3C(CCCCO)C(CCCCO)C=C(C(=NOC4CCCCO4)CC1N(CCC)C(=O)c1ccc4c(c1)OCO4)C32. The number of carbonyl (C=O) groups is 1. The summed E-state index contributed by atoms with van der Waals surface area (Å²) < 4.78 is 38.6. The van der Waals surface area contributed by atoms with Crippen molar-refractivity contribution in [3.8, 4) is 28.7 Å². The van der Waals surface area contributed by atoms with Gasteiger partial charge in [-0.05, 0) is 136 Å². The molecule has 1 amide bonds. The van der Waals surface area contributed by atoms with Gasteiger partial charge in [-0.1, -0.05) is 43.1 Å². The van der Waals surface area contributed by atoms with E-state index in [9.17, 15) is 10.2 Å². The lowest BCUT2D eigenvalue weighted by Gasteiger charge is -2.60. The minimum absolute atomic E-state index is 0.0713. The number of benzene rings is 3. The summed E-state index contributed by atoms with van der Waals surface area (Å²) in [5, 5.41) is 25.0. The van der Waals surface area contributed by atoms with E-state index in [0.717, 1.165) is 73.1 Å². The van der Waals surface area contributed by atoms with E-state index in [-0.39, 0.29) is 56.7 Å². The number of aliphatic hydroxyl groups is 2. The van der Waals surface area contributed by atoms with Gasteiger partial charge in [0.05, 0.1) is 24.8 Å². The molecule has 3 aromatic rings. The zero-order valence-electron chi connectivity index (χ0n) is 37.1. The molecule has 0 aromatic heterocycles. The molecular weight excluding hydrogens is 801 g/mol. The highest BCUT2D eigenvalue weighted by Gasteiger charge is 2.65. The van der Waals surface area contributed by atoms with Crippen molar-refractivity contribution < 1.29 is 48.3 Å². The van der Waals surface area contributed by atoms with E-state index in [2.05, 4.69) is 51.6 Å². The highest BCUT2D eigenvalue weighted by atomic mass is 16.8. The van der Waals surface area contributed by atoms with E-state index < -0.39 is 24.0 Å². The third-order valence-corrected chi connectivity index (χ3v) is 13.5. The highest BCUT2D eigenvalue weighted by molar-refractivity contribution is 6.03. The van der Waals surface area contributed by atoms with Crippen molar-refractivity contribution in [2.45, 2.75) is 115 Å². The molecule has 2 aliphatic carbocycles. The molecule has 7 atom stereocenters. The van der Waals surface area contributed by atoms with Crippen LogP contribution in [0.25, 0.3) is 0 Å². The lowest BCUT2D eigenvalue weighted by Crippen LogP contribution is -2.70. The molecule has 2 N–H and O–H groups in total. The average molecular weight is 865 g/mol. The second-order valence-corrected chi connectivity index (χ2v) is 17.6. The van der Waals surface area contributed by atoms with Crippen molar-refractivity contribution in [1.82, 2.24) is 4.90 Å². The van der Waals surface area contributed by atoms with E-state index in [4.69, 9.17) is 38.4 Å². The summed E-state index contributed by atoms with van der Waals surface area (Å²) in [6.07, 6.45) is 12.0. The summed E-state index contributed by atoms with van der Waals surface area (Å²) in [6, 6.07) is 16.8. The fraction of sp³-hybridized carbons (Fsp3) is 0.529. The molecule has 7 unspecified atom stereocenters. The Labute approximate surface area is 371 Å². The number of allylic oxidation sites excluding steroid dienone is 1. The van der Waals surface area contributed by atoms with Crippen molar-refractivity contribution >= 4 is 11.6 Å². The molecule has 5 aliphatic rings. The first-order valence-corrected chi connectivity index (χ1v) is 23.1. The van der Waals surface area contributed by atoms with Gasteiger partial charge in [0.15, 0.2) is 11.5 Å². The van der Waals surface area contributed by atoms with Crippen molar-refractivity contribution in [2.75, 3.05) is 39.8 Å². The van der Waals surface area contributed by atoms with Crippen molar-refractivity contribution in [2.24, 2.45) is 22.9 Å². The van der Waals surface area contributed by atoms with Crippen LogP contribution in [0.2, 0.25) is 0 Å². The smallest absolute Gasteiger partial charge is 0.254 e. The maximum atomic E-state index is 15.2. The van der Waals surface area contributed by atoms with E-state index in [1.807, 2.05) is 23.1 Å². The molecule has 12 heteroatoms. The molecule has 1 saturated heterocycles. The van der Waals surface area contributed by atoms with Crippen molar-refractivity contribution in [1.29, 1.82) is 0 Å². The van der Waals surface area contributed by atoms with Crippen molar-refractivity contribution in [3.05, 3.63) is 101 Å². The van der Waals surface area contributed by atoms with Crippen LogP contribution in [0.1, 0.15) is 111 Å². The molecular formula is C51H64N2O10. The van der Waals surface area contributed by atoms with Crippen LogP contribution in [0.5, 0.6) is 28.7 Å². The minimum atomic E-state index is -1.39. The lowest BCUT2D eigenvalue weighted by atomic mass is 9.55. The number of aliphatic hydroxyl groups excluding tert-OH is 2. The van der Waals surface area contributed by atoms with E-state index in [0.29, 0.717) is 61.0 Å². The Morgan fingerprint density at radius 2 is 1.71 bits per heavy atom. The fourth-order valence-electron chi connectivity index (χ4n) is 10.4. The van der Waals surface area contributed by atoms with Gasteiger partial charge in [0.2, 0.25) is 18.9 Å². The summed E-state index contributed by atoms with van der Waals surface area (Å²) in [6.45, 7) is 11.8. The first-order valence-electron chi connectivity index (χ1n) is 23.1. The summed E-state index contributed by atoms with van der Waals surface area (Å²) in [7, 11) is 0. The molecule has 338 valence electrons. The van der Waals surface area contributed by atoms with Gasteiger partial charge in [0.1, 0.15) is 23.3 Å². The molecule has 1 saturated carbocycles. The van der Waals surface area contributed by atoms with Gasteiger partial charge >= 0.3 is 0 Å². The van der Waals surface area contributed by atoms with Gasteiger partial charge in [-0.25, -0.2) is 0 Å². The quantitative estimate of drug-likeness (QED) is 0.0681. The number of rotatable bonds is 19. The molecule has 12 nitrogen and oxygen atoms in total. The Morgan fingerprint density at radius 3 is 2.48 bits per heavy atom. The van der Waals surface area contributed by atoms with Gasteiger partial charge in [-0.2, -0.15) is 0 Å². The molecule has 8 rings (SSSR count). The van der Waals surface area contributed by atoms with Crippen LogP contribution in [-0.2, 0) is 14.3 Å². The standard InChI is InChI=1S/C51H64N2O10/c1-5-22-53(50(56)36-17-20-44-45(29-36)59-32-58-44)46-31-42(52-63-47-15-9-12-26-57-47)40-28-35(13-7-10-23-54)39(14-8-11-24-55)48-41-30-38(61-37-18-16-33(3)34(4)27-37)19-21-43(41)62-51(46,49(40)48)60-25-6-2/h6,16-21,27-30,35,39,46-49,54-55H,2,5,7-15,22-26,31-32H2,1,3-4H3. The number of unbranched alkanes of at least 4 members (excludes halogenated alkanes) is 2. The maximum Gasteiger partial charge on any atom is 0.254 e. The summed E-state index contributed by atoms with van der Waals surface area (Å²) >= 11 is 0. The third kappa shape index (κ3) is 9.37. The molecule has 0 bridgehead atoms. The molecule has 0 spiro atoms. The zero-order chi connectivity index (χ0) is 43.9. The Hall–Kier alpha value is -4.88. The van der Waals surface area contributed by atoms with Gasteiger partial charge in [-0.3, -0.25) is 4.79 Å². The summed E-state index contributed by atoms with van der Waals surface area (Å²) in [5.41, 5.74) is 5.50. The number of hydrogen-bond acceptors (Lipinski definition) is 11. The number of ether oxygens (including phenoxy) is 6. The maximum absolute atomic E-state index is 15.2. The molecule has 0 radical (unpaired) electrons. The van der Waals surface area contributed by atoms with Gasteiger partial charge < -0.3 is 48.4 Å². The van der Waals surface area contributed by atoms with Gasteiger partial charge in [0.25, 0.3) is 5.91 Å². The van der Waals surface area contributed by atoms with Crippen LogP contribution in [0.4, 0.5) is 0 Å². The highest BCUT2D eigenvalue weighted by Crippen LogP contribution is 2.62. The number of amides is 1. The number of hydrogen-bond donors (Lipinski definition) is 2. The van der Waals surface area contributed by atoms with E-state index >= 15 is 4.79 Å². The van der Waals surface area contributed by atoms with E-state index in [1.54, 1.807) is 24.3 Å². The minimum Gasteiger partial charge on any atom is -0.459 e.